The number of carbonyl (C=O) groups excluding carboxylic acids is 1. The van der Waals surface area contributed by atoms with E-state index in [1.807, 2.05) is 31.2 Å². The number of nitrogens with one attached hydrogen (secondary N) is 1. The molecule has 0 unspecified atom stereocenters. The van der Waals surface area contributed by atoms with E-state index < -0.39 is 0 Å². The van der Waals surface area contributed by atoms with Crippen LogP contribution in [0.4, 0.5) is 5.13 Å². The summed E-state index contributed by atoms with van der Waals surface area (Å²) in [5.41, 5.74) is 0.899. The number of anilines is 1. The molecule has 1 fully saturated rings. The summed E-state index contributed by atoms with van der Waals surface area (Å²) in [5.74, 6) is 1.63. The van der Waals surface area contributed by atoms with Gasteiger partial charge in [0.1, 0.15) is 5.75 Å². The molecule has 4 rings (SSSR count). The number of hydrogen-bond acceptors (Lipinski definition) is 6. The zero-order chi connectivity index (χ0) is 17.9. The molecule has 8 heteroatoms. The van der Waals surface area contributed by atoms with Gasteiger partial charge in [-0.25, -0.2) is 0 Å². The van der Waals surface area contributed by atoms with Gasteiger partial charge in [-0.1, -0.05) is 30.6 Å². The zero-order valence-electron chi connectivity index (χ0n) is 14.6. The predicted molar refractivity (Wildman–Crippen MR) is 100 cm³/mol. The molecule has 1 amide bonds. The van der Waals surface area contributed by atoms with E-state index in [9.17, 15) is 4.79 Å². The van der Waals surface area contributed by atoms with Crippen molar-refractivity contribution in [2.75, 3.05) is 11.9 Å². The third-order valence-electron chi connectivity index (χ3n) is 4.62. The van der Waals surface area contributed by atoms with Crippen molar-refractivity contribution in [1.29, 1.82) is 0 Å². The van der Waals surface area contributed by atoms with E-state index in [4.69, 9.17) is 4.74 Å². The van der Waals surface area contributed by atoms with Crippen molar-refractivity contribution in [2.24, 2.45) is 5.92 Å². The Morgan fingerprint density at radius 2 is 2.00 bits per heavy atom. The molecule has 1 aromatic carbocycles. The average Bonchev–Trinajstić information content (AvgIpc) is 3.23. The quantitative estimate of drug-likeness (QED) is 0.738. The van der Waals surface area contributed by atoms with Gasteiger partial charge in [0.2, 0.25) is 16.0 Å². The van der Waals surface area contributed by atoms with Crippen LogP contribution in [0.25, 0.3) is 16.3 Å². The van der Waals surface area contributed by atoms with Gasteiger partial charge in [-0.2, -0.15) is 4.52 Å². The summed E-state index contributed by atoms with van der Waals surface area (Å²) >= 11 is 1.34. The van der Waals surface area contributed by atoms with Crippen LogP contribution < -0.4 is 10.1 Å². The molecular formula is C18H21N5O2S. The fraction of sp³-hybridized carbons (Fsp3) is 0.444. The Kier molecular flexibility index (Phi) is 4.83. The third-order valence-corrected chi connectivity index (χ3v) is 5.43. The SMILES string of the molecule is CCOc1ccc(-c2nnc3sc(NC(=O)C4CCCCC4)nn23)cc1. The average molecular weight is 371 g/mol. The molecule has 0 radical (unpaired) electrons. The van der Waals surface area contributed by atoms with Gasteiger partial charge in [-0.05, 0) is 44.0 Å². The second-order valence-corrected chi connectivity index (χ2v) is 7.36. The molecule has 7 nitrogen and oxygen atoms in total. The Morgan fingerprint density at radius 3 is 2.73 bits per heavy atom. The van der Waals surface area contributed by atoms with E-state index in [-0.39, 0.29) is 11.8 Å². The number of hydrogen-bond donors (Lipinski definition) is 1. The fourth-order valence-electron chi connectivity index (χ4n) is 3.29. The van der Waals surface area contributed by atoms with E-state index in [0.717, 1.165) is 37.0 Å². The molecule has 2 aromatic heterocycles. The third kappa shape index (κ3) is 3.41. The molecule has 26 heavy (non-hydrogen) atoms. The predicted octanol–water partition coefficient (Wildman–Crippen LogP) is 3.77. The minimum absolute atomic E-state index is 0.0669. The molecule has 2 heterocycles. The number of amides is 1. The first-order valence-electron chi connectivity index (χ1n) is 9.01. The molecular weight excluding hydrogens is 350 g/mol. The van der Waals surface area contributed by atoms with E-state index >= 15 is 0 Å². The smallest absolute Gasteiger partial charge is 0.236 e. The van der Waals surface area contributed by atoms with E-state index in [1.165, 1.54) is 17.8 Å². The van der Waals surface area contributed by atoms with E-state index in [2.05, 4.69) is 20.6 Å². The standard InChI is InChI=1S/C18H21N5O2S/c1-2-25-14-10-8-12(9-11-14)15-20-21-18-23(15)22-17(26-18)19-16(24)13-6-4-3-5-7-13/h8-11,13H,2-7H2,1H3,(H,19,22,24). The van der Waals surface area contributed by atoms with Crippen molar-refractivity contribution in [3.63, 3.8) is 0 Å². The summed E-state index contributed by atoms with van der Waals surface area (Å²) in [7, 11) is 0. The molecule has 1 saturated carbocycles. The molecule has 136 valence electrons. The lowest BCUT2D eigenvalue weighted by atomic mass is 9.89. The highest BCUT2D eigenvalue weighted by molar-refractivity contribution is 7.20. The Bertz CT molecular complexity index is 896. The Hall–Kier alpha value is -2.48. The van der Waals surface area contributed by atoms with Gasteiger partial charge in [-0.3, -0.25) is 4.79 Å². The van der Waals surface area contributed by atoms with Gasteiger partial charge >= 0.3 is 0 Å². The molecule has 0 bridgehead atoms. The van der Waals surface area contributed by atoms with Gasteiger partial charge in [0.15, 0.2) is 5.82 Å². The highest BCUT2D eigenvalue weighted by Crippen LogP contribution is 2.28. The Morgan fingerprint density at radius 1 is 1.23 bits per heavy atom. The first-order chi connectivity index (χ1) is 12.7. The maximum atomic E-state index is 12.4. The second-order valence-electron chi connectivity index (χ2n) is 6.41. The fourth-order valence-corrected chi connectivity index (χ4v) is 4.03. The van der Waals surface area contributed by atoms with Crippen LogP contribution in [0.3, 0.4) is 0 Å². The molecule has 0 aliphatic heterocycles. The van der Waals surface area contributed by atoms with E-state index in [0.29, 0.717) is 22.5 Å². The first-order valence-corrected chi connectivity index (χ1v) is 9.82. The topological polar surface area (TPSA) is 81.4 Å². The van der Waals surface area contributed by atoms with E-state index in [1.54, 1.807) is 4.52 Å². The van der Waals surface area contributed by atoms with Crippen molar-refractivity contribution < 1.29 is 9.53 Å². The van der Waals surface area contributed by atoms with Crippen LogP contribution in [-0.2, 0) is 4.79 Å². The number of nitrogens with zero attached hydrogens (tertiary/aromatic N) is 4. The first kappa shape index (κ1) is 17.0. The molecule has 1 aliphatic carbocycles. The Balaban J connectivity index is 1.54. The summed E-state index contributed by atoms with van der Waals surface area (Å²) < 4.78 is 7.14. The molecule has 1 N–H and O–H groups in total. The molecule has 1 aliphatic rings. The largest absolute Gasteiger partial charge is 0.494 e. The van der Waals surface area contributed by atoms with Gasteiger partial charge in [0.25, 0.3) is 0 Å². The van der Waals surface area contributed by atoms with Crippen LogP contribution in [0, 0.1) is 5.92 Å². The van der Waals surface area contributed by atoms with Crippen LogP contribution in [0.1, 0.15) is 39.0 Å². The zero-order valence-corrected chi connectivity index (χ0v) is 15.5. The highest BCUT2D eigenvalue weighted by Gasteiger charge is 2.23. The van der Waals surface area contributed by atoms with Crippen LogP contribution in [0.15, 0.2) is 24.3 Å². The van der Waals surface area contributed by atoms with Gasteiger partial charge in [0.05, 0.1) is 6.61 Å². The monoisotopic (exact) mass is 371 g/mol. The second kappa shape index (κ2) is 7.41. The normalized spacial score (nSPS) is 15.3. The maximum absolute atomic E-state index is 12.4. The number of fused-ring (bicyclic) bond motifs is 1. The number of ether oxygens (including phenoxy) is 1. The number of aromatic nitrogens is 4. The number of benzene rings is 1. The van der Waals surface area contributed by atoms with Gasteiger partial charge < -0.3 is 10.1 Å². The van der Waals surface area contributed by atoms with Crippen molar-refractivity contribution in [3.8, 4) is 17.1 Å². The molecule has 0 spiro atoms. The Labute approximate surface area is 155 Å². The number of carbonyl (C=O) groups is 1. The highest BCUT2D eigenvalue weighted by atomic mass is 32.1. The maximum Gasteiger partial charge on any atom is 0.236 e. The molecule has 0 atom stereocenters. The lowest BCUT2D eigenvalue weighted by molar-refractivity contribution is -0.120. The van der Waals surface area contributed by atoms with Crippen LogP contribution >= 0.6 is 11.3 Å². The van der Waals surface area contributed by atoms with Crippen LogP contribution in [-0.4, -0.2) is 32.3 Å². The summed E-state index contributed by atoms with van der Waals surface area (Å²) in [6.45, 7) is 2.58. The van der Waals surface area contributed by atoms with Crippen LogP contribution in [0.5, 0.6) is 5.75 Å². The van der Waals surface area contributed by atoms with Crippen molar-refractivity contribution in [1.82, 2.24) is 19.8 Å². The lowest BCUT2D eigenvalue weighted by Crippen LogP contribution is -2.24. The minimum Gasteiger partial charge on any atom is -0.494 e. The van der Waals surface area contributed by atoms with Gasteiger partial charge in [0, 0.05) is 11.5 Å². The summed E-state index contributed by atoms with van der Waals surface area (Å²) in [4.78, 5) is 13.1. The summed E-state index contributed by atoms with van der Waals surface area (Å²) in [6.07, 6.45) is 5.42. The van der Waals surface area contributed by atoms with Crippen molar-refractivity contribution in [2.45, 2.75) is 39.0 Å². The lowest BCUT2D eigenvalue weighted by Gasteiger charge is -2.19. The molecule has 3 aromatic rings. The summed E-state index contributed by atoms with van der Waals surface area (Å²) in [6, 6.07) is 7.66. The summed E-state index contributed by atoms with van der Waals surface area (Å²) in [5, 5.41) is 16.4. The van der Waals surface area contributed by atoms with Crippen molar-refractivity contribution >= 4 is 27.3 Å². The van der Waals surface area contributed by atoms with Crippen LogP contribution in [0.2, 0.25) is 0 Å². The van der Waals surface area contributed by atoms with Crippen molar-refractivity contribution in [3.05, 3.63) is 24.3 Å². The minimum atomic E-state index is 0.0669. The molecule has 0 saturated heterocycles. The van der Waals surface area contributed by atoms with Gasteiger partial charge in [-0.15, -0.1) is 15.3 Å². The number of rotatable bonds is 5.